The molecule has 1 N–H and O–H groups in total. The van der Waals surface area contributed by atoms with Gasteiger partial charge in [0.25, 0.3) is 5.56 Å². The number of rotatable bonds is 5. The fourth-order valence-electron chi connectivity index (χ4n) is 1.01. The van der Waals surface area contributed by atoms with Crippen molar-refractivity contribution in [3.63, 3.8) is 0 Å². The zero-order valence-corrected chi connectivity index (χ0v) is 10.7. The number of aromatic nitrogens is 2. The lowest BCUT2D eigenvalue weighted by Gasteiger charge is -2.02. The molecule has 0 atom stereocenters. The fourth-order valence-corrected chi connectivity index (χ4v) is 1.82. The van der Waals surface area contributed by atoms with Crippen LogP contribution >= 0.6 is 23.4 Å². The molecule has 0 radical (unpaired) electrons. The number of carbonyl (C=O) groups excluding carboxylic acids is 1. The van der Waals surface area contributed by atoms with E-state index < -0.39 is 5.97 Å². The minimum Gasteiger partial charge on any atom is -0.469 e. The van der Waals surface area contributed by atoms with Gasteiger partial charge in [-0.1, -0.05) is 29.9 Å². The molecule has 0 unspecified atom stereocenters. The zero-order chi connectivity index (χ0) is 12.8. The number of esters is 1. The number of carbonyl (C=O) groups is 1. The second-order valence-electron chi connectivity index (χ2n) is 3.10. The molecule has 0 aliphatic carbocycles. The van der Waals surface area contributed by atoms with E-state index in [1.807, 2.05) is 0 Å². The number of hydrogen-bond acceptors (Lipinski definition) is 5. The molecule has 0 aliphatic heterocycles. The standard InChI is InChI=1S/C10H11ClN2O3S/c1-6(11)5-17-10-12-7(3-8(14)13-10)4-9(15)16-2/h3H,1,4-5H2,2H3,(H,12,13,14). The Labute approximate surface area is 107 Å². The van der Waals surface area contributed by atoms with E-state index in [1.165, 1.54) is 24.9 Å². The summed E-state index contributed by atoms with van der Waals surface area (Å²) in [5.41, 5.74) is 0.0462. The van der Waals surface area contributed by atoms with E-state index in [0.717, 1.165) is 0 Å². The fraction of sp³-hybridized carbons (Fsp3) is 0.300. The van der Waals surface area contributed by atoms with E-state index in [2.05, 4.69) is 21.3 Å². The normalized spacial score (nSPS) is 10.0. The minimum atomic E-state index is -0.444. The molecule has 0 amide bonds. The van der Waals surface area contributed by atoms with Crippen molar-refractivity contribution in [3.05, 3.63) is 33.7 Å². The topological polar surface area (TPSA) is 72.0 Å². The van der Waals surface area contributed by atoms with E-state index in [-0.39, 0.29) is 12.0 Å². The van der Waals surface area contributed by atoms with Crippen LogP contribution in [-0.2, 0) is 16.0 Å². The highest BCUT2D eigenvalue weighted by Gasteiger charge is 2.07. The van der Waals surface area contributed by atoms with Crippen LogP contribution < -0.4 is 5.56 Å². The van der Waals surface area contributed by atoms with Gasteiger partial charge in [0.1, 0.15) is 0 Å². The van der Waals surface area contributed by atoms with E-state index in [4.69, 9.17) is 11.6 Å². The van der Waals surface area contributed by atoms with E-state index in [1.54, 1.807) is 0 Å². The largest absolute Gasteiger partial charge is 0.469 e. The van der Waals surface area contributed by atoms with Crippen molar-refractivity contribution in [1.82, 2.24) is 9.97 Å². The van der Waals surface area contributed by atoms with Crippen molar-refractivity contribution in [2.24, 2.45) is 0 Å². The maximum atomic E-state index is 11.3. The molecule has 0 fully saturated rings. The van der Waals surface area contributed by atoms with Crippen LogP contribution in [0.3, 0.4) is 0 Å². The van der Waals surface area contributed by atoms with E-state index in [0.29, 0.717) is 21.6 Å². The number of nitrogens with zero attached hydrogens (tertiary/aromatic N) is 1. The molecular formula is C10H11ClN2O3S. The van der Waals surface area contributed by atoms with Gasteiger partial charge in [0.2, 0.25) is 0 Å². The quantitative estimate of drug-likeness (QED) is 0.498. The van der Waals surface area contributed by atoms with Crippen LogP contribution in [0, 0.1) is 0 Å². The molecule has 0 saturated carbocycles. The van der Waals surface area contributed by atoms with Crippen molar-refractivity contribution in [1.29, 1.82) is 0 Å². The molecule has 1 rings (SSSR count). The smallest absolute Gasteiger partial charge is 0.311 e. The Bertz CT molecular complexity index is 487. The molecule has 0 saturated heterocycles. The van der Waals surface area contributed by atoms with Crippen LogP contribution in [-0.4, -0.2) is 28.8 Å². The summed E-state index contributed by atoms with van der Waals surface area (Å²) in [5, 5.41) is 0.856. The minimum absolute atomic E-state index is 0.0319. The molecule has 1 aromatic rings. The van der Waals surface area contributed by atoms with Gasteiger partial charge in [-0.25, -0.2) is 4.98 Å². The van der Waals surface area contributed by atoms with Gasteiger partial charge in [-0.05, 0) is 0 Å². The van der Waals surface area contributed by atoms with Gasteiger partial charge in [0.15, 0.2) is 5.16 Å². The lowest BCUT2D eigenvalue weighted by atomic mass is 10.3. The third-order valence-electron chi connectivity index (χ3n) is 1.69. The van der Waals surface area contributed by atoms with Crippen LogP contribution in [0.25, 0.3) is 0 Å². The maximum Gasteiger partial charge on any atom is 0.311 e. The lowest BCUT2D eigenvalue weighted by Crippen LogP contribution is -2.14. The van der Waals surface area contributed by atoms with Crippen LogP contribution in [0.2, 0.25) is 0 Å². The number of H-pyrrole nitrogens is 1. The highest BCUT2D eigenvalue weighted by molar-refractivity contribution is 7.99. The molecular weight excluding hydrogens is 264 g/mol. The Hall–Kier alpha value is -1.27. The van der Waals surface area contributed by atoms with Gasteiger partial charge in [0.05, 0.1) is 19.2 Å². The molecule has 5 nitrogen and oxygen atoms in total. The van der Waals surface area contributed by atoms with Gasteiger partial charge in [-0.3, -0.25) is 9.59 Å². The van der Waals surface area contributed by atoms with Gasteiger partial charge < -0.3 is 9.72 Å². The van der Waals surface area contributed by atoms with Gasteiger partial charge in [-0.15, -0.1) is 0 Å². The first-order valence-corrected chi connectivity index (χ1v) is 6.00. The number of ether oxygens (including phenoxy) is 1. The summed E-state index contributed by atoms with van der Waals surface area (Å²) in [5.74, 6) is -0.00702. The Morgan fingerprint density at radius 3 is 3.00 bits per heavy atom. The third kappa shape index (κ3) is 5.06. The maximum absolute atomic E-state index is 11.3. The molecule has 1 aromatic heterocycles. The van der Waals surface area contributed by atoms with Crippen molar-refractivity contribution in [3.8, 4) is 0 Å². The van der Waals surface area contributed by atoms with Gasteiger partial charge in [-0.2, -0.15) is 0 Å². The highest BCUT2D eigenvalue weighted by Crippen LogP contribution is 2.16. The van der Waals surface area contributed by atoms with E-state index in [9.17, 15) is 9.59 Å². The Morgan fingerprint density at radius 2 is 2.41 bits per heavy atom. The monoisotopic (exact) mass is 274 g/mol. The average Bonchev–Trinajstić information content (AvgIpc) is 2.25. The number of methoxy groups -OCH3 is 1. The number of nitrogens with one attached hydrogen (secondary N) is 1. The summed E-state index contributed by atoms with van der Waals surface area (Å²) in [4.78, 5) is 29.0. The number of halogens is 1. The second kappa shape index (κ2) is 6.46. The molecule has 0 spiro atoms. The van der Waals surface area contributed by atoms with Crippen LogP contribution in [0.4, 0.5) is 0 Å². The molecule has 7 heteroatoms. The zero-order valence-electron chi connectivity index (χ0n) is 9.16. The van der Waals surface area contributed by atoms with Crippen molar-refractivity contribution in [2.45, 2.75) is 11.6 Å². The average molecular weight is 275 g/mol. The Morgan fingerprint density at radius 1 is 1.71 bits per heavy atom. The van der Waals surface area contributed by atoms with E-state index >= 15 is 0 Å². The number of thioether (sulfide) groups is 1. The molecule has 17 heavy (non-hydrogen) atoms. The number of aromatic amines is 1. The first-order valence-electron chi connectivity index (χ1n) is 4.64. The van der Waals surface area contributed by atoms with Crippen molar-refractivity contribution >= 4 is 29.3 Å². The van der Waals surface area contributed by atoms with Crippen LogP contribution in [0.15, 0.2) is 27.6 Å². The van der Waals surface area contributed by atoms with Crippen LogP contribution in [0.1, 0.15) is 5.69 Å². The first-order chi connectivity index (χ1) is 8.01. The second-order valence-corrected chi connectivity index (χ2v) is 4.60. The molecule has 0 aliphatic rings. The predicted octanol–water partition coefficient (Wildman–Crippen LogP) is 1.33. The third-order valence-corrected chi connectivity index (χ3v) is 2.94. The highest BCUT2D eigenvalue weighted by atomic mass is 35.5. The Balaban J connectivity index is 2.82. The summed E-state index contributed by atoms with van der Waals surface area (Å²) in [7, 11) is 1.28. The first kappa shape index (κ1) is 13.8. The van der Waals surface area contributed by atoms with Gasteiger partial charge >= 0.3 is 5.97 Å². The molecule has 92 valence electrons. The van der Waals surface area contributed by atoms with Gasteiger partial charge in [0, 0.05) is 16.9 Å². The Kier molecular flexibility index (Phi) is 5.24. The van der Waals surface area contributed by atoms with Crippen LogP contribution in [0.5, 0.6) is 0 Å². The summed E-state index contributed by atoms with van der Waals surface area (Å²) < 4.78 is 4.50. The molecule has 0 bridgehead atoms. The van der Waals surface area contributed by atoms with Crippen molar-refractivity contribution < 1.29 is 9.53 Å². The summed E-state index contributed by atoms with van der Waals surface area (Å²) in [6.07, 6.45) is -0.0319. The van der Waals surface area contributed by atoms with Crippen molar-refractivity contribution in [2.75, 3.05) is 12.9 Å². The number of hydrogen-bond donors (Lipinski definition) is 1. The molecule has 1 heterocycles. The summed E-state index contributed by atoms with van der Waals surface area (Å²) in [6, 6.07) is 1.26. The predicted molar refractivity (Wildman–Crippen MR) is 66.3 cm³/mol. The summed E-state index contributed by atoms with van der Waals surface area (Å²) in [6.45, 7) is 3.53. The summed E-state index contributed by atoms with van der Waals surface area (Å²) >= 11 is 6.85. The lowest BCUT2D eigenvalue weighted by molar-refractivity contribution is -0.139. The SMILES string of the molecule is C=C(Cl)CSc1nc(CC(=O)OC)cc(=O)[nH]1. The molecule has 0 aromatic carbocycles.